The SMILES string of the molecule is CN1CCN(C(=O)c2ccccc2Sc2cccc3ccccc23)CC1.Cl. The van der Waals surface area contributed by atoms with Crippen LogP contribution in [0.25, 0.3) is 10.8 Å². The second-order valence-electron chi connectivity index (χ2n) is 6.67. The molecule has 1 aliphatic rings. The lowest BCUT2D eigenvalue weighted by Crippen LogP contribution is -2.47. The number of carbonyl (C=O) groups is 1. The number of hydrogen-bond acceptors (Lipinski definition) is 3. The Morgan fingerprint density at radius 1 is 0.815 bits per heavy atom. The van der Waals surface area contributed by atoms with Crippen molar-refractivity contribution in [1.29, 1.82) is 0 Å². The summed E-state index contributed by atoms with van der Waals surface area (Å²) in [6.07, 6.45) is 0. The molecule has 1 aliphatic heterocycles. The summed E-state index contributed by atoms with van der Waals surface area (Å²) in [6, 6.07) is 22.7. The molecule has 0 aromatic heterocycles. The van der Waals surface area contributed by atoms with Crippen LogP contribution in [0.3, 0.4) is 0 Å². The van der Waals surface area contributed by atoms with Crippen molar-refractivity contribution in [2.45, 2.75) is 9.79 Å². The maximum atomic E-state index is 13.1. The maximum absolute atomic E-state index is 13.1. The van der Waals surface area contributed by atoms with Gasteiger partial charge in [-0.05, 0) is 36.0 Å². The van der Waals surface area contributed by atoms with Crippen molar-refractivity contribution in [2.75, 3.05) is 33.2 Å². The number of halogens is 1. The largest absolute Gasteiger partial charge is 0.336 e. The minimum absolute atomic E-state index is 0. The number of hydrogen-bond donors (Lipinski definition) is 0. The fraction of sp³-hybridized carbons (Fsp3) is 0.227. The van der Waals surface area contributed by atoms with Crippen LogP contribution in [0.5, 0.6) is 0 Å². The average molecular weight is 399 g/mol. The van der Waals surface area contributed by atoms with Crippen molar-refractivity contribution in [3.05, 3.63) is 72.3 Å². The highest BCUT2D eigenvalue weighted by Crippen LogP contribution is 2.35. The van der Waals surface area contributed by atoms with Gasteiger partial charge in [0, 0.05) is 36.0 Å². The van der Waals surface area contributed by atoms with E-state index in [0.717, 1.165) is 36.6 Å². The van der Waals surface area contributed by atoms with E-state index >= 15 is 0 Å². The summed E-state index contributed by atoms with van der Waals surface area (Å²) in [5, 5.41) is 2.45. The van der Waals surface area contributed by atoms with E-state index in [-0.39, 0.29) is 18.3 Å². The van der Waals surface area contributed by atoms with E-state index in [0.29, 0.717) is 0 Å². The zero-order chi connectivity index (χ0) is 17.9. The van der Waals surface area contributed by atoms with Gasteiger partial charge in [-0.15, -0.1) is 12.4 Å². The highest BCUT2D eigenvalue weighted by Gasteiger charge is 2.22. The van der Waals surface area contributed by atoms with Gasteiger partial charge in [-0.2, -0.15) is 0 Å². The lowest BCUT2D eigenvalue weighted by Gasteiger charge is -2.32. The van der Waals surface area contributed by atoms with Crippen LogP contribution in [0.15, 0.2) is 76.5 Å². The summed E-state index contributed by atoms with van der Waals surface area (Å²) in [5.41, 5.74) is 0.801. The molecule has 0 saturated carbocycles. The summed E-state index contributed by atoms with van der Waals surface area (Å²) >= 11 is 1.68. The molecule has 1 amide bonds. The third-order valence-corrected chi connectivity index (χ3v) is 6.03. The molecule has 0 bridgehead atoms. The summed E-state index contributed by atoms with van der Waals surface area (Å²) in [4.78, 5) is 19.5. The fourth-order valence-corrected chi connectivity index (χ4v) is 4.41. The molecule has 1 fully saturated rings. The van der Waals surface area contributed by atoms with Crippen molar-refractivity contribution in [3.63, 3.8) is 0 Å². The summed E-state index contributed by atoms with van der Waals surface area (Å²) < 4.78 is 0. The van der Waals surface area contributed by atoms with Gasteiger partial charge in [0.25, 0.3) is 5.91 Å². The first-order valence-corrected chi connectivity index (χ1v) is 9.76. The minimum Gasteiger partial charge on any atom is -0.336 e. The van der Waals surface area contributed by atoms with Gasteiger partial charge in [-0.3, -0.25) is 4.79 Å². The Kier molecular flexibility index (Phi) is 6.42. The molecule has 0 N–H and O–H groups in total. The molecule has 3 aromatic carbocycles. The van der Waals surface area contributed by atoms with Crippen molar-refractivity contribution >= 4 is 40.8 Å². The van der Waals surface area contributed by atoms with E-state index in [1.807, 2.05) is 23.1 Å². The quantitative estimate of drug-likeness (QED) is 0.633. The highest BCUT2D eigenvalue weighted by molar-refractivity contribution is 7.99. The molecule has 1 heterocycles. The number of amides is 1. The van der Waals surface area contributed by atoms with Crippen molar-refractivity contribution in [1.82, 2.24) is 9.80 Å². The summed E-state index contributed by atoms with van der Waals surface area (Å²) in [5.74, 6) is 0.140. The standard InChI is InChI=1S/C22H22N2OS.ClH/c1-23-13-15-24(16-14-23)22(25)19-10-4-5-11-21(19)26-20-12-6-8-17-7-2-3-9-18(17)20;/h2-12H,13-16H2,1H3;1H. The van der Waals surface area contributed by atoms with Crippen molar-refractivity contribution in [3.8, 4) is 0 Å². The Labute approximate surface area is 170 Å². The minimum atomic E-state index is 0. The Bertz CT molecular complexity index is 933. The smallest absolute Gasteiger partial charge is 0.255 e. The lowest BCUT2D eigenvalue weighted by molar-refractivity contribution is 0.0660. The van der Waals surface area contributed by atoms with Crippen molar-refractivity contribution in [2.24, 2.45) is 0 Å². The molecule has 0 radical (unpaired) electrons. The third kappa shape index (κ3) is 4.29. The zero-order valence-corrected chi connectivity index (χ0v) is 16.9. The van der Waals surface area contributed by atoms with Gasteiger partial charge in [0.05, 0.1) is 5.56 Å². The van der Waals surface area contributed by atoms with Gasteiger partial charge in [-0.1, -0.05) is 60.3 Å². The number of benzene rings is 3. The molecule has 0 atom stereocenters. The van der Waals surface area contributed by atoms with E-state index in [2.05, 4.69) is 60.5 Å². The molecule has 3 nitrogen and oxygen atoms in total. The first kappa shape index (κ1) is 19.7. The molecular weight excluding hydrogens is 376 g/mol. The Morgan fingerprint density at radius 3 is 2.26 bits per heavy atom. The maximum Gasteiger partial charge on any atom is 0.255 e. The monoisotopic (exact) mass is 398 g/mol. The molecule has 4 rings (SSSR count). The molecule has 1 saturated heterocycles. The fourth-order valence-electron chi connectivity index (χ4n) is 3.32. The van der Waals surface area contributed by atoms with Gasteiger partial charge >= 0.3 is 0 Å². The second-order valence-corrected chi connectivity index (χ2v) is 7.75. The number of likely N-dealkylation sites (N-methyl/N-ethyl adjacent to an activating group) is 1. The van der Waals surface area contributed by atoms with Gasteiger partial charge in [0.15, 0.2) is 0 Å². The second kappa shape index (κ2) is 8.79. The topological polar surface area (TPSA) is 23.6 Å². The molecular formula is C22H23ClN2OS. The Morgan fingerprint density at radius 2 is 1.44 bits per heavy atom. The van der Waals surface area contributed by atoms with Gasteiger partial charge in [0.1, 0.15) is 0 Å². The number of rotatable bonds is 3. The van der Waals surface area contributed by atoms with E-state index in [9.17, 15) is 4.79 Å². The van der Waals surface area contributed by atoms with Crippen LogP contribution in [-0.2, 0) is 0 Å². The molecule has 3 aromatic rings. The number of fused-ring (bicyclic) bond motifs is 1. The predicted octanol–water partition coefficient (Wildman–Crippen LogP) is 4.80. The van der Waals surface area contributed by atoms with E-state index in [1.54, 1.807) is 11.8 Å². The number of nitrogens with zero attached hydrogens (tertiary/aromatic N) is 2. The third-order valence-electron chi connectivity index (χ3n) is 4.88. The first-order chi connectivity index (χ1) is 12.7. The summed E-state index contributed by atoms with van der Waals surface area (Å²) in [7, 11) is 2.10. The van der Waals surface area contributed by atoms with E-state index in [1.165, 1.54) is 15.7 Å². The van der Waals surface area contributed by atoms with Crippen molar-refractivity contribution < 1.29 is 4.79 Å². The van der Waals surface area contributed by atoms with Crippen LogP contribution in [0.4, 0.5) is 0 Å². The Hall–Kier alpha value is -2.01. The van der Waals surface area contributed by atoms with Gasteiger partial charge < -0.3 is 9.80 Å². The molecule has 0 spiro atoms. The number of carbonyl (C=O) groups excluding carboxylic acids is 1. The molecule has 0 unspecified atom stereocenters. The zero-order valence-electron chi connectivity index (χ0n) is 15.3. The van der Waals surface area contributed by atoms with E-state index in [4.69, 9.17) is 0 Å². The molecule has 5 heteroatoms. The number of piperazine rings is 1. The average Bonchev–Trinajstić information content (AvgIpc) is 2.69. The molecule has 0 aliphatic carbocycles. The van der Waals surface area contributed by atoms with Crippen LogP contribution in [0, 0.1) is 0 Å². The summed E-state index contributed by atoms with van der Waals surface area (Å²) in [6.45, 7) is 3.46. The van der Waals surface area contributed by atoms with Crippen LogP contribution >= 0.6 is 24.2 Å². The Balaban J connectivity index is 0.00000210. The van der Waals surface area contributed by atoms with Crippen LogP contribution in [0.2, 0.25) is 0 Å². The lowest BCUT2D eigenvalue weighted by atomic mass is 10.1. The van der Waals surface area contributed by atoms with Gasteiger partial charge in [0.2, 0.25) is 0 Å². The van der Waals surface area contributed by atoms with Crippen LogP contribution in [0.1, 0.15) is 10.4 Å². The first-order valence-electron chi connectivity index (χ1n) is 8.95. The highest BCUT2D eigenvalue weighted by atomic mass is 35.5. The van der Waals surface area contributed by atoms with Crippen LogP contribution in [-0.4, -0.2) is 48.9 Å². The predicted molar refractivity (Wildman–Crippen MR) is 115 cm³/mol. The van der Waals surface area contributed by atoms with Gasteiger partial charge in [-0.25, -0.2) is 0 Å². The van der Waals surface area contributed by atoms with E-state index < -0.39 is 0 Å². The normalized spacial score (nSPS) is 14.8. The van der Waals surface area contributed by atoms with Crippen LogP contribution < -0.4 is 0 Å². The molecule has 140 valence electrons. The molecule has 27 heavy (non-hydrogen) atoms.